The summed E-state index contributed by atoms with van der Waals surface area (Å²) in [5.74, 6) is -0.431. The van der Waals surface area contributed by atoms with Crippen LogP contribution in [0.3, 0.4) is 0 Å². The molecule has 1 atom stereocenters. The van der Waals surface area contributed by atoms with E-state index < -0.39 is 17.6 Å². The second kappa shape index (κ2) is 3.50. The lowest BCUT2D eigenvalue weighted by Gasteiger charge is -2.23. The monoisotopic (exact) mass is 229 g/mol. The van der Waals surface area contributed by atoms with Gasteiger partial charge in [0.15, 0.2) is 0 Å². The fraction of sp³-hybridized carbons (Fsp3) is 0.364. The molecule has 0 radical (unpaired) electrons. The normalized spacial score (nSPS) is 20.2. The minimum atomic E-state index is -4.40. The van der Waals surface area contributed by atoms with Gasteiger partial charge in [0.25, 0.3) is 5.91 Å². The predicted octanol–water partition coefficient (Wildman–Crippen LogP) is 2.38. The fourth-order valence-electron chi connectivity index (χ4n) is 1.82. The Labute approximate surface area is 90.5 Å². The first-order valence-electron chi connectivity index (χ1n) is 4.89. The molecule has 0 saturated heterocycles. The number of rotatable bonds is 0. The van der Waals surface area contributed by atoms with E-state index in [0.29, 0.717) is 12.0 Å². The van der Waals surface area contributed by atoms with Gasteiger partial charge in [0.1, 0.15) is 0 Å². The molecule has 5 heteroatoms. The largest absolute Gasteiger partial charge is 0.416 e. The standard InChI is InChI=1S/C11H10F3NO/c1-6-4-7-2-3-8(11(12,13)14)5-9(7)10(16)15-6/h2-3,5-6H,4H2,1H3,(H,15,16). The molecule has 2 rings (SSSR count). The number of amides is 1. The summed E-state index contributed by atoms with van der Waals surface area (Å²) in [7, 11) is 0. The molecule has 0 saturated carbocycles. The lowest BCUT2D eigenvalue weighted by molar-refractivity contribution is -0.137. The van der Waals surface area contributed by atoms with Crippen LogP contribution in [0.1, 0.15) is 28.4 Å². The van der Waals surface area contributed by atoms with Crippen molar-refractivity contribution in [3.05, 3.63) is 34.9 Å². The van der Waals surface area contributed by atoms with Gasteiger partial charge in [-0.15, -0.1) is 0 Å². The third kappa shape index (κ3) is 1.89. The number of fused-ring (bicyclic) bond motifs is 1. The Morgan fingerprint density at radius 2 is 2.06 bits per heavy atom. The van der Waals surface area contributed by atoms with Crippen LogP contribution in [0.2, 0.25) is 0 Å². The zero-order valence-corrected chi connectivity index (χ0v) is 8.56. The van der Waals surface area contributed by atoms with E-state index in [9.17, 15) is 18.0 Å². The predicted molar refractivity (Wildman–Crippen MR) is 52.1 cm³/mol. The Balaban J connectivity index is 2.47. The van der Waals surface area contributed by atoms with Crippen LogP contribution in [0.5, 0.6) is 0 Å². The summed E-state index contributed by atoms with van der Waals surface area (Å²) in [5.41, 5.74) is 0.0214. The highest BCUT2D eigenvalue weighted by molar-refractivity contribution is 5.97. The average Bonchev–Trinajstić information content (AvgIpc) is 2.15. The first-order chi connectivity index (χ1) is 7.38. The maximum atomic E-state index is 12.4. The number of alkyl halides is 3. The van der Waals surface area contributed by atoms with Crippen molar-refractivity contribution < 1.29 is 18.0 Å². The molecule has 86 valence electrons. The van der Waals surface area contributed by atoms with Gasteiger partial charge in [-0.2, -0.15) is 13.2 Å². The van der Waals surface area contributed by atoms with Crippen molar-refractivity contribution in [3.8, 4) is 0 Å². The van der Waals surface area contributed by atoms with E-state index in [0.717, 1.165) is 12.1 Å². The minimum Gasteiger partial charge on any atom is -0.349 e. The Morgan fingerprint density at radius 3 is 2.69 bits per heavy atom. The molecule has 2 nitrogen and oxygen atoms in total. The van der Waals surface area contributed by atoms with Gasteiger partial charge in [-0.1, -0.05) is 6.07 Å². The van der Waals surface area contributed by atoms with Crippen LogP contribution in [0.15, 0.2) is 18.2 Å². The molecule has 1 aliphatic rings. The molecule has 0 aliphatic carbocycles. The average molecular weight is 229 g/mol. The van der Waals surface area contributed by atoms with Crippen molar-refractivity contribution in [1.82, 2.24) is 5.32 Å². The van der Waals surface area contributed by atoms with Gasteiger partial charge in [-0.05, 0) is 31.0 Å². The summed E-state index contributed by atoms with van der Waals surface area (Å²) in [6.07, 6.45) is -3.84. The van der Waals surface area contributed by atoms with Gasteiger partial charge < -0.3 is 5.32 Å². The highest BCUT2D eigenvalue weighted by atomic mass is 19.4. The molecule has 1 unspecified atom stereocenters. The molecule has 1 aliphatic heterocycles. The van der Waals surface area contributed by atoms with Crippen molar-refractivity contribution in [2.45, 2.75) is 25.6 Å². The third-order valence-corrected chi connectivity index (χ3v) is 2.59. The van der Waals surface area contributed by atoms with Crippen LogP contribution in [-0.4, -0.2) is 11.9 Å². The molecular formula is C11H10F3NO. The number of nitrogens with one attached hydrogen (secondary N) is 1. The molecule has 0 bridgehead atoms. The summed E-state index contributed by atoms with van der Waals surface area (Å²) in [6, 6.07) is 3.28. The van der Waals surface area contributed by atoms with Gasteiger partial charge >= 0.3 is 6.18 Å². The van der Waals surface area contributed by atoms with Gasteiger partial charge in [0.2, 0.25) is 0 Å². The summed E-state index contributed by atoms with van der Waals surface area (Å²) in [6.45, 7) is 1.82. The van der Waals surface area contributed by atoms with Crippen molar-refractivity contribution in [1.29, 1.82) is 0 Å². The fourth-order valence-corrected chi connectivity index (χ4v) is 1.82. The first kappa shape index (κ1) is 11.0. The zero-order valence-electron chi connectivity index (χ0n) is 8.56. The van der Waals surface area contributed by atoms with Crippen molar-refractivity contribution >= 4 is 5.91 Å². The number of halogens is 3. The zero-order chi connectivity index (χ0) is 11.9. The van der Waals surface area contributed by atoms with E-state index in [1.807, 2.05) is 6.92 Å². The number of hydrogen-bond acceptors (Lipinski definition) is 1. The lowest BCUT2D eigenvalue weighted by atomic mass is 9.94. The van der Waals surface area contributed by atoms with Crippen LogP contribution in [0, 0.1) is 0 Å². The highest BCUT2D eigenvalue weighted by Crippen LogP contribution is 2.31. The Morgan fingerprint density at radius 1 is 1.38 bits per heavy atom. The quantitative estimate of drug-likeness (QED) is 0.727. The van der Waals surface area contributed by atoms with Gasteiger partial charge in [0.05, 0.1) is 5.56 Å². The van der Waals surface area contributed by atoms with Gasteiger partial charge in [-0.25, -0.2) is 0 Å². The van der Waals surface area contributed by atoms with Crippen molar-refractivity contribution in [2.75, 3.05) is 0 Å². The molecule has 16 heavy (non-hydrogen) atoms. The summed E-state index contributed by atoms with van der Waals surface area (Å²) in [5, 5.41) is 2.61. The molecule has 1 N–H and O–H groups in total. The van der Waals surface area contributed by atoms with E-state index in [-0.39, 0.29) is 11.6 Å². The molecule has 1 aromatic rings. The molecule has 0 aromatic heterocycles. The van der Waals surface area contributed by atoms with E-state index in [1.165, 1.54) is 6.07 Å². The second-order valence-electron chi connectivity index (χ2n) is 3.95. The maximum Gasteiger partial charge on any atom is 0.416 e. The van der Waals surface area contributed by atoms with E-state index in [4.69, 9.17) is 0 Å². The maximum absolute atomic E-state index is 12.4. The van der Waals surface area contributed by atoms with Crippen LogP contribution in [0.25, 0.3) is 0 Å². The first-order valence-corrected chi connectivity index (χ1v) is 4.89. The number of benzene rings is 1. The summed E-state index contributed by atoms with van der Waals surface area (Å²) < 4.78 is 37.3. The van der Waals surface area contributed by atoms with Gasteiger partial charge in [0, 0.05) is 11.6 Å². The molecule has 1 aromatic carbocycles. The summed E-state index contributed by atoms with van der Waals surface area (Å²) in [4.78, 5) is 11.5. The van der Waals surface area contributed by atoms with Crippen molar-refractivity contribution in [2.24, 2.45) is 0 Å². The minimum absolute atomic E-state index is 0.0308. The lowest BCUT2D eigenvalue weighted by Crippen LogP contribution is -2.39. The third-order valence-electron chi connectivity index (χ3n) is 2.59. The Bertz CT molecular complexity index is 439. The van der Waals surface area contributed by atoms with E-state index >= 15 is 0 Å². The van der Waals surface area contributed by atoms with Crippen LogP contribution in [0.4, 0.5) is 13.2 Å². The summed E-state index contributed by atoms with van der Waals surface area (Å²) >= 11 is 0. The number of carbonyl (C=O) groups excluding carboxylic acids is 1. The Kier molecular flexibility index (Phi) is 2.40. The second-order valence-corrected chi connectivity index (χ2v) is 3.95. The van der Waals surface area contributed by atoms with E-state index in [1.54, 1.807) is 0 Å². The van der Waals surface area contributed by atoms with Crippen LogP contribution in [-0.2, 0) is 12.6 Å². The van der Waals surface area contributed by atoms with E-state index in [2.05, 4.69) is 5.32 Å². The molecule has 0 fully saturated rings. The SMILES string of the molecule is CC1Cc2ccc(C(F)(F)F)cc2C(=O)N1. The molecule has 1 heterocycles. The number of hydrogen-bond donors (Lipinski definition) is 1. The highest BCUT2D eigenvalue weighted by Gasteiger charge is 2.32. The van der Waals surface area contributed by atoms with Gasteiger partial charge in [-0.3, -0.25) is 4.79 Å². The molecule has 0 spiro atoms. The smallest absolute Gasteiger partial charge is 0.349 e. The van der Waals surface area contributed by atoms with Crippen molar-refractivity contribution in [3.63, 3.8) is 0 Å². The topological polar surface area (TPSA) is 29.1 Å². The van der Waals surface area contributed by atoms with Crippen LogP contribution < -0.4 is 5.32 Å². The molecule has 1 amide bonds. The molecular weight excluding hydrogens is 219 g/mol. The number of carbonyl (C=O) groups is 1. The van der Waals surface area contributed by atoms with Crippen LogP contribution >= 0.6 is 0 Å². The Hall–Kier alpha value is -1.52.